The second kappa shape index (κ2) is 10.1. The van der Waals surface area contributed by atoms with Crippen LogP contribution in [0.4, 0.5) is 0 Å². The Hall–Kier alpha value is -1.73. The van der Waals surface area contributed by atoms with Gasteiger partial charge in [-0.25, -0.2) is 0 Å². The maximum Gasteiger partial charge on any atom is 0.127 e. The lowest BCUT2D eigenvalue weighted by Crippen LogP contribution is -2.08. The molecular formula is C16H24N2O2. The van der Waals surface area contributed by atoms with E-state index in [2.05, 4.69) is 18.3 Å². The van der Waals surface area contributed by atoms with Gasteiger partial charge >= 0.3 is 0 Å². The summed E-state index contributed by atoms with van der Waals surface area (Å²) in [5.74, 6) is 1.71. The zero-order chi connectivity index (χ0) is 14.6. The number of benzene rings is 1. The topological polar surface area (TPSA) is 54.3 Å². The van der Waals surface area contributed by atoms with Gasteiger partial charge < -0.3 is 14.8 Å². The normalized spacial score (nSPS) is 10.1. The predicted octanol–water partition coefficient (Wildman–Crippen LogP) is 3.27. The molecule has 1 aromatic rings. The molecule has 0 aliphatic rings. The summed E-state index contributed by atoms with van der Waals surface area (Å²) in [5.41, 5.74) is 1.12. The largest absolute Gasteiger partial charge is 0.493 e. The Morgan fingerprint density at radius 2 is 2.05 bits per heavy atom. The molecule has 0 amide bonds. The zero-order valence-corrected chi connectivity index (χ0v) is 12.4. The first-order valence-corrected chi connectivity index (χ1v) is 7.22. The summed E-state index contributed by atoms with van der Waals surface area (Å²) in [6.07, 6.45) is 3.35. The van der Waals surface area contributed by atoms with Crippen LogP contribution in [0.5, 0.6) is 11.5 Å². The maximum atomic E-state index is 8.50. The minimum Gasteiger partial charge on any atom is -0.493 e. The fraction of sp³-hybridized carbons (Fsp3) is 0.562. The third-order valence-electron chi connectivity index (χ3n) is 2.82. The highest BCUT2D eigenvalue weighted by atomic mass is 16.5. The van der Waals surface area contributed by atoms with Gasteiger partial charge in [-0.1, -0.05) is 13.0 Å². The average molecular weight is 276 g/mol. The van der Waals surface area contributed by atoms with Gasteiger partial charge in [-0.3, -0.25) is 0 Å². The lowest BCUT2D eigenvalue weighted by atomic mass is 10.2. The van der Waals surface area contributed by atoms with E-state index in [1.54, 1.807) is 0 Å². The summed E-state index contributed by atoms with van der Waals surface area (Å²) >= 11 is 0. The number of unbranched alkanes of at least 4 members (excludes halogenated alkanes) is 2. The third-order valence-corrected chi connectivity index (χ3v) is 2.82. The van der Waals surface area contributed by atoms with Crippen LogP contribution in [0.2, 0.25) is 0 Å². The van der Waals surface area contributed by atoms with Crippen LogP contribution in [-0.2, 0) is 6.54 Å². The molecule has 20 heavy (non-hydrogen) atoms. The van der Waals surface area contributed by atoms with Crippen molar-refractivity contribution in [2.75, 3.05) is 20.3 Å². The van der Waals surface area contributed by atoms with Crippen molar-refractivity contribution in [1.82, 2.24) is 5.32 Å². The second-order valence-electron chi connectivity index (χ2n) is 4.61. The Kier molecular flexibility index (Phi) is 8.25. The van der Waals surface area contributed by atoms with E-state index in [0.717, 1.165) is 42.9 Å². The van der Waals surface area contributed by atoms with E-state index < -0.39 is 0 Å². The first kappa shape index (κ1) is 16.3. The molecule has 0 bridgehead atoms. The number of nitriles is 1. The van der Waals surface area contributed by atoms with E-state index in [9.17, 15) is 0 Å². The van der Waals surface area contributed by atoms with Crippen molar-refractivity contribution >= 4 is 0 Å². The fourth-order valence-electron chi connectivity index (χ4n) is 1.80. The lowest BCUT2D eigenvalue weighted by Gasteiger charge is -2.13. The highest BCUT2D eigenvalue weighted by Gasteiger charge is 2.06. The molecule has 0 heterocycles. The molecule has 0 aromatic heterocycles. The Morgan fingerprint density at radius 3 is 2.75 bits per heavy atom. The monoisotopic (exact) mass is 276 g/mol. The predicted molar refractivity (Wildman–Crippen MR) is 80.0 cm³/mol. The summed E-state index contributed by atoms with van der Waals surface area (Å²) in [5, 5.41) is 11.6. The van der Waals surface area contributed by atoms with Gasteiger partial charge in [-0.05, 0) is 32.4 Å². The number of rotatable bonds is 10. The zero-order valence-electron chi connectivity index (χ0n) is 12.4. The van der Waals surface area contributed by atoms with Crippen molar-refractivity contribution in [2.45, 2.75) is 39.2 Å². The van der Waals surface area contributed by atoms with Crippen LogP contribution in [0, 0.1) is 11.3 Å². The third kappa shape index (κ3) is 5.94. The Balaban J connectivity index is 2.60. The Labute approximate surface area is 121 Å². The molecule has 0 saturated heterocycles. The SMILES string of the molecule is CCCOc1ccc(CNC)c(OCCCCC#N)c1. The van der Waals surface area contributed by atoms with Crippen molar-refractivity contribution in [3.05, 3.63) is 23.8 Å². The summed E-state index contributed by atoms with van der Waals surface area (Å²) in [6, 6.07) is 8.11. The van der Waals surface area contributed by atoms with Crippen LogP contribution in [-0.4, -0.2) is 20.3 Å². The van der Waals surface area contributed by atoms with Gasteiger partial charge in [0.1, 0.15) is 11.5 Å². The van der Waals surface area contributed by atoms with E-state index in [1.807, 2.05) is 25.2 Å². The molecule has 0 atom stereocenters. The Bertz CT molecular complexity index is 427. The minimum absolute atomic E-state index is 0.590. The molecule has 1 aromatic carbocycles. The van der Waals surface area contributed by atoms with Gasteiger partial charge in [0.2, 0.25) is 0 Å². The lowest BCUT2D eigenvalue weighted by molar-refractivity contribution is 0.293. The first-order valence-electron chi connectivity index (χ1n) is 7.22. The minimum atomic E-state index is 0.590. The summed E-state index contributed by atoms with van der Waals surface area (Å²) in [6.45, 7) is 4.20. The Morgan fingerprint density at radius 1 is 1.20 bits per heavy atom. The highest BCUT2D eigenvalue weighted by molar-refractivity contribution is 5.40. The van der Waals surface area contributed by atoms with Gasteiger partial charge in [0.25, 0.3) is 0 Å². The number of hydrogen-bond donors (Lipinski definition) is 1. The van der Waals surface area contributed by atoms with Gasteiger partial charge in [0.05, 0.1) is 19.3 Å². The molecule has 0 unspecified atom stereocenters. The second-order valence-corrected chi connectivity index (χ2v) is 4.61. The first-order chi connectivity index (χ1) is 9.81. The molecule has 0 fully saturated rings. The average Bonchev–Trinajstić information content (AvgIpc) is 2.47. The van der Waals surface area contributed by atoms with E-state index in [-0.39, 0.29) is 0 Å². The molecule has 0 aliphatic heterocycles. The molecule has 110 valence electrons. The molecule has 4 heteroatoms. The van der Waals surface area contributed by atoms with Gasteiger partial charge in [-0.15, -0.1) is 0 Å². The molecule has 0 saturated carbocycles. The smallest absolute Gasteiger partial charge is 0.127 e. The van der Waals surface area contributed by atoms with Gasteiger partial charge in [0.15, 0.2) is 0 Å². The fourth-order valence-corrected chi connectivity index (χ4v) is 1.80. The van der Waals surface area contributed by atoms with Gasteiger partial charge in [0, 0.05) is 24.6 Å². The summed E-state index contributed by atoms with van der Waals surface area (Å²) < 4.78 is 11.5. The molecule has 0 aliphatic carbocycles. The molecular weight excluding hydrogens is 252 g/mol. The van der Waals surface area contributed by atoms with Gasteiger partial charge in [-0.2, -0.15) is 5.26 Å². The maximum absolute atomic E-state index is 8.50. The van der Waals surface area contributed by atoms with E-state index >= 15 is 0 Å². The van der Waals surface area contributed by atoms with E-state index in [4.69, 9.17) is 14.7 Å². The number of nitrogens with zero attached hydrogens (tertiary/aromatic N) is 1. The van der Waals surface area contributed by atoms with Crippen LogP contribution in [0.3, 0.4) is 0 Å². The molecule has 1 N–H and O–H groups in total. The van der Waals surface area contributed by atoms with Crippen molar-refractivity contribution in [2.24, 2.45) is 0 Å². The van der Waals surface area contributed by atoms with Crippen molar-refractivity contribution in [3.63, 3.8) is 0 Å². The molecule has 1 rings (SSSR count). The number of ether oxygens (including phenoxy) is 2. The van der Waals surface area contributed by atoms with Crippen molar-refractivity contribution < 1.29 is 9.47 Å². The summed E-state index contributed by atoms with van der Waals surface area (Å²) in [4.78, 5) is 0. The van der Waals surface area contributed by atoms with E-state index in [0.29, 0.717) is 19.6 Å². The van der Waals surface area contributed by atoms with Crippen LogP contribution in [0.25, 0.3) is 0 Å². The van der Waals surface area contributed by atoms with Crippen molar-refractivity contribution in [3.8, 4) is 17.6 Å². The van der Waals surface area contributed by atoms with Crippen LogP contribution in [0.1, 0.15) is 38.2 Å². The van der Waals surface area contributed by atoms with Crippen LogP contribution >= 0.6 is 0 Å². The summed E-state index contributed by atoms with van der Waals surface area (Å²) in [7, 11) is 1.91. The molecule has 0 spiro atoms. The standard InChI is InChI=1S/C16H24N2O2/c1-3-10-19-15-8-7-14(13-18-2)16(12-15)20-11-6-4-5-9-17/h7-8,12,18H,3-6,10-11,13H2,1-2H3. The number of hydrogen-bond acceptors (Lipinski definition) is 4. The van der Waals surface area contributed by atoms with E-state index in [1.165, 1.54) is 0 Å². The highest BCUT2D eigenvalue weighted by Crippen LogP contribution is 2.25. The quantitative estimate of drug-likeness (QED) is 0.666. The van der Waals surface area contributed by atoms with Crippen LogP contribution < -0.4 is 14.8 Å². The molecule has 0 radical (unpaired) electrons. The van der Waals surface area contributed by atoms with Crippen molar-refractivity contribution in [1.29, 1.82) is 5.26 Å². The van der Waals surface area contributed by atoms with Crippen LogP contribution in [0.15, 0.2) is 18.2 Å². The number of nitrogens with one attached hydrogen (secondary N) is 1. The molecule has 4 nitrogen and oxygen atoms in total.